The number of hydrogen-bond acceptors (Lipinski definition) is 3. The highest BCUT2D eigenvalue weighted by atomic mass is 16.5. The van der Waals surface area contributed by atoms with Gasteiger partial charge in [-0.05, 0) is 25.2 Å². The van der Waals surface area contributed by atoms with Gasteiger partial charge >= 0.3 is 5.97 Å². The summed E-state index contributed by atoms with van der Waals surface area (Å²) in [6.45, 7) is 2.10. The zero-order chi connectivity index (χ0) is 11.9. The van der Waals surface area contributed by atoms with E-state index in [0.29, 0.717) is 12.6 Å². The van der Waals surface area contributed by atoms with Crippen LogP contribution >= 0.6 is 0 Å². The van der Waals surface area contributed by atoms with Gasteiger partial charge in [0.05, 0.1) is 5.92 Å². The zero-order valence-corrected chi connectivity index (χ0v) is 10.2. The van der Waals surface area contributed by atoms with E-state index in [1.807, 2.05) is 0 Å². The predicted octanol–water partition coefficient (Wildman–Crippen LogP) is 1.26. The molecule has 1 aliphatic carbocycles. The molecule has 1 spiro atoms. The first-order valence-electron chi connectivity index (χ1n) is 6.76. The van der Waals surface area contributed by atoms with Crippen molar-refractivity contribution in [3.05, 3.63) is 0 Å². The predicted molar refractivity (Wildman–Crippen MR) is 62.7 cm³/mol. The van der Waals surface area contributed by atoms with Gasteiger partial charge in [0.1, 0.15) is 0 Å². The second kappa shape index (κ2) is 4.25. The van der Waals surface area contributed by atoms with Crippen molar-refractivity contribution in [2.75, 3.05) is 19.8 Å². The Hall–Kier alpha value is -0.610. The first-order chi connectivity index (χ1) is 8.22. The Morgan fingerprint density at radius 3 is 2.65 bits per heavy atom. The highest BCUT2D eigenvalue weighted by molar-refractivity contribution is 5.72. The molecule has 2 saturated heterocycles. The van der Waals surface area contributed by atoms with Gasteiger partial charge in [-0.15, -0.1) is 0 Å². The maximum absolute atomic E-state index is 11.4. The molecule has 2 N–H and O–H groups in total. The molecule has 2 heterocycles. The van der Waals surface area contributed by atoms with Gasteiger partial charge in [-0.2, -0.15) is 0 Å². The summed E-state index contributed by atoms with van der Waals surface area (Å²) in [6, 6.07) is 0.403. The number of nitrogens with one attached hydrogen (secondary N) is 1. The number of carboxylic acid groups (broad SMARTS) is 1. The van der Waals surface area contributed by atoms with Crippen molar-refractivity contribution in [3.63, 3.8) is 0 Å². The summed E-state index contributed by atoms with van der Waals surface area (Å²) >= 11 is 0. The van der Waals surface area contributed by atoms with Crippen LogP contribution in [0.4, 0.5) is 0 Å². The van der Waals surface area contributed by atoms with E-state index in [1.165, 1.54) is 19.3 Å². The fourth-order valence-corrected chi connectivity index (χ4v) is 3.70. The largest absolute Gasteiger partial charge is 0.481 e. The number of carbonyl (C=O) groups is 1. The molecule has 1 saturated carbocycles. The molecule has 3 rings (SSSR count). The maximum atomic E-state index is 11.4. The smallest absolute Gasteiger partial charge is 0.308 e. The average molecular weight is 239 g/mol. The Balaban J connectivity index is 1.80. The van der Waals surface area contributed by atoms with E-state index in [9.17, 15) is 9.90 Å². The number of ether oxygens (including phenoxy) is 1. The number of carboxylic acids is 1. The maximum Gasteiger partial charge on any atom is 0.308 e. The Morgan fingerprint density at radius 1 is 1.35 bits per heavy atom. The lowest BCUT2D eigenvalue weighted by Crippen LogP contribution is -2.46. The van der Waals surface area contributed by atoms with Crippen molar-refractivity contribution in [1.82, 2.24) is 5.32 Å². The molecular weight excluding hydrogens is 218 g/mol. The topological polar surface area (TPSA) is 58.6 Å². The van der Waals surface area contributed by atoms with Gasteiger partial charge in [-0.3, -0.25) is 4.79 Å². The molecule has 0 bridgehead atoms. The Kier molecular flexibility index (Phi) is 2.87. The van der Waals surface area contributed by atoms with Crippen molar-refractivity contribution in [1.29, 1.82) is 0 Å². The first-order valence-corrected chi connectivity index (χ1v) is 6.76. The first kappa shape index (κ1) is 11.5. The third-order valence-corrected chi connectivity index (χ3v) is 4.94. The van der Waals surface area contributed by atoms with Gasteiger partial charge in [0.15, 0.2) is 0 Å². The number of aliphatic carboxylic acids is 1. The standard InChI is InChI=1S/C13H21NO3/c15-12(16)10-8-14-11(7-9-1-2-9)13(10)3-5-17-6-4-13/h9-11,14H,1-8H2,(H,15,16)/t10-,11-/m1/s1. The molecule has 17 heavy (non-hydrogen) atoms. The minimum atomic E-state index is -0.627. The van der Waals surface area contributed by atoms with Crippen molar-refractivity contribution >= 4 is 5.97 Å². The van der Waals surface area contributed by atoms with E-state index in [2.05, 4.69) is 5.32 Å². The molecule has 0 aromatic heterocycles. The van der Waals surface area contributed by atoms with Crippen LogP contribution in [0.15, 0.2) is 0 Å². The number of rotatable bonds is 3. The molecule has 2 atom stereocenters. The summed E-state index contributed by atoms with van der Waals surface area (Å²) in [5.41, 5.74) is -0.0350. The monoisotopic (exact) mass is 239 g/mol. The second-order valence-electron chi connectivity index (χ2n) is 5.88. The van der Waals surface area contributed by atoms with E-state index < -0.39 is 5.97 Å². The second-order valence-corrected chi connectivity index (χ2v) is 5.88. The van der Waals surface area contributed by atoms with Gasteiger partial charge in [-0.1, -0.05) is 12.8 Å². The molecule has 0 amide bonds. The van der Waals surface area contributed by atoms with Gasteiger partial charge in [0.25, 0.3) is 0 Å². The van der Waals surface area contributed by atoms with Crippen LogP contribution in [-0.2, 0) is 9.53 Å². The van der Waals surface area contributed by atoms with E-state index in [-0.39, 0.29) is 11.3 Å². The summed E-state index contributed by atoms with van der Waals surface area (Å²) in [5, 5.41) is 12.9. The molecule has 4 heteroatoms. The van der Waals surface area contributed by atoms with Crippen LogP contribution in [-0.4, -0.2) is 36.9 Å². The zero-order valence-electron chi connectivity index (χ0n) is 10.2. The highest BCUT2D eigenvalue weighted by Crippen LogP contribution is 2.49. The molecule has 3 fully saturated rings. The van der Waals surface area contributed by atoms with Crippen molar-refractivity contribution in [2.45, 2.75) is 38.1 Å². The molecule has 4 nitrogen and oxygen atoms in total. The number of hydrogen-bond donors (Lipinski definition) is 2. The third-order valence-electron chi connectivity index (χ3n) is 4.94. The van der Waals surface area contributed by atoms with Gasteiger partial charge < -0.3 is 15.2 Å². The highest BCUT2D eigenvalue weighted by Gasteiger charge is 2.54. The van der Waals surface area contributed by atoms with E-state index in [1.54, 1.807) is 0 Å². The fourth-order valence-electron chi connectivity index (χ4n) is 3.70. The van der Waals surface area contributed by atoms with Gasteiger partial charge in [0.2, 0.25) is 0 Å². The third kappa shape index (κ3) is 1.97. The molecule has 0 radical (unpaired) electrons. The van der Waals surface area contributed by atoms with Gasteiger partial charge in [0, 0.05) is 31.2 Å². The van der Waals surface area contributed by atoms with Crippen molar-refractivity contribution in [3.8, 4) is 0 Å². The van der Waals surface area contributed by atoms with Crippen LogP contribution in [0.5, 0.6) is 0 Å². The van der Waals surface area contributed by atoms with Crippen molar-refractivity contribution < 1.29 is 14.6 Å². The van der Waals surface area contributed by atoms with Crippen LogP contribution in [0.2, 0.25) is 0 Å². The Labute approximate surface area is 102 Å². The van der Waals surface area contributed by atoms with E-state index in [0.717, 1.165) is 32.0 Å². The summed E-state index contributed by atoms with van der Waals surface area (Å²) in [4.78, 5) is 11.4. The molecule has 3 aliphatic rings. The van der Waals surface area contributed by atoms with Crippen molar-refractivity contribution in [2.24, 2.45) is 17.3 Å². The van der Waals surface area contributed by atoms with Crippen LogP contribution in [0.1, 0.15) is 32.1 Å². The SMILES string of the molecule is O=C(O)[C@H]1CN[C@H](CC2CC2)C12CCOCC2. The molecule has 0 unspecified atom stereocenters. The normalized spacial score (nSPS) is 36.2. The van der Waals surface area contributed by atoms with E-state index in [4.69, 9.17) is 4.74 Å². The van der Waals surface area contributed by atoms with Crippen LogP contribution in [0.25, 0.3) is 0 Å². The lowest BCUT2D eigenvalue weighted by Gasteiger charge is -2.41. The minimum Gasteiger partial charge on any atom is -0.481 e. The lowest BCUT2D eigenvalue weighted by molar-refractivity contribution is -0.148. The Bertz CT molecular complexity index is 308. The summed E-state index contributed by atoms with van der Waals surface area (Å²) in [7, 11) is 0. The molecule has 96 valence electrons. The minimum absolute atomic E-state index is 0.0350. The molecule has 2 aliphatic heterocycles. The average Bonchev–Trinajstić information content (AvgIpc) is 3.06. The summed E-state index contributed by atoms with van der Waals surface area (Å²) in [5.74, 6) is 0.00705. The lowest BCUT2D eigenvalue weighted by atomic mass is 9.66. The van der Waals surface area contributed by atoms with Crippen LogP contribution < -0.4 is 5.32 Å². The van der Waals surface area contributed by atoms with E-state index >= 15 is 0 Å². The fraction of sp³-hybridized carbons (Fsp3) is 0.923. The van der Waals surface area contributed by atoms with Gasteiger partial charge in [-0.25, -0.2) is 0 Å². The Morgan fingerprint density at radius 2 is 2.06 bits per heavy atom. The molecular formula is C13H21NO3. The summed E-state index contributed by atoms with van der Waals surface area (Å²) in [6.07, 6.45) is 5.66. The van der Waals surface area contributed by atoms with Crippen LogP contribution in [0.3, 0.4) is 0 Å². The molecule has 0 aromatic rings. The van der Waals surface area contributed by atoms with Crippen LogP contribution in [0, 0.1) is 17.3 Å². The summed E-state index contributed by atoms with van der Waals surface area (Å²) < 4.78 is 5.43. The quantitative estimate of drug-likeness (QED) is 0.778. The molecule has 0 aromatic carbocycles.